The largest absolute Gasteiger partial charge is 0.497 e. The fourth-order valence-corrected chi connectivity index (χ4v) is 2.16. The average molecular weight is 367 g/mol. The molecule has 2 aromatic carbocycles. The summed E-state index contributed by atoms with van der Waals surface area (Å²) in [5.74, 6) is 2.37. The number of methoxy groups -OCH3 is 1. The minimum atomic E-state index is 0.490. The molecule has 4 nitrogen and oxygen atoms in total. The van der Waals surface area contributed by atoms with Crippen molar-refractivity contribution in [1.29, 1.82) is 0 Å². The number of benzene rings is 2. The van der Waals surface area contributed by atoms with E-state index < -0.39 is 0 Å². The molecular weight excluding hydrogens is 348 g/mol. The molecule has 2 aromatic rings. The zero-order chi connectivity index (χ0) is 15.6. The molecule has 0 saturated heterocycles. The molecular formula is C17H19BrO4. The highest BCUT2D eigenvalue weighted by molar-refractivity contribution is 9.10. The molecule has 2 rings (SSSR count). The monoisotopic (exact) mass is 366 g/mol. The van der Waals surface area contributed by atoms with Gasteiger partial charge in [-0.25, -0.2) is 0 Å². The van der Waals surface area contributed by atoms with Gasteiger partial charge in [0.1, 0.15) is 30.5 Å². The third kappa shape index (κ3) is 5.95. The SMILES string of the molecule is COc1cccc(OCCOCCOc2cccc(Br)c2)c1. The van der Waals surface area contributed by atoms with Crippen LogP contribution in [0, 0.1) is 0 Å². The summed E-state index contributed by atoms with van der Waals surface area (Å²) in [5, 5.41) is 0. The van der Waals surface area contributed by atoms with Crippen LogP contribution < -0.4 is 14.2 Å². The number of hydrogen-bond donors (Lipinski definition) is 0. The van der Waals surface area contributed by atoms with Crippen LogP contribution in [0.4, 0.5) is 0 Å². The van der Waals surface area contributed by atoms with E-state index in [1.165, 1.54) is 0 Å². The summed E-state index contributed by atoms with van der Waals surface area (Å²) >= 11 is 3.40. The van der Waals surface area contributed by atoms with Gasteiger partial charge < -0.3 is 18.9 Å². The van der Waals surface area contributed by atoms with Crippen molar-refractivity contribution in [2.45, 2.75) is 0 Å². The number of ether oxygens (including phenoxy) is 4. The van der Waals surface area contributed by atoms with Crippen molar-refractivity contribution in [3.63, 3.8) is 0 Å². The Hall–Kier alpha value is -1.72. The zero-order valence-electron chi connectivity index (χ0n) is 12.5. The lowest BCUT2D eigenvalue weighted by Crippen LogP contribution is -2.12. The minimum absolute atomic E-state index is 0.490. The maximum absolute atomic E-state index is 5.58. The lowest BCUT2D eigenvalue weighted by molar-refractivity contribution is 0.0763. The van der Waals surface area contributed by atoms with E-state index >= 15 is 0 Å². The molecule has 0 heterocycles. The molecule has 0 spiro atoms. The Labute approximate surface area is 139 Å². The molecule has 0 N–H and O–H groups in total. The fraction of sp³-hybridized carbons (Fsp3) is 0.294. The Bertz CT molecular complexity index is 574. The van der Waals surface area contributed by atoms with Gasteiger partial charge in [-0.1, -0.05) is 28.1 Å². The molecule has 118 valence electrons. The van der Waals surface area contributed by atoms with Crippen molar-refractivity contribution in [1.82, 2.24) is 0 Å². The maximum atomic E-state index is 5.58. The van der Waals surface area contributed by atoms with Gasteiger partial charge in [0.05, 0.1) is 20.3 Å². The molecule has 0 amide bonds. The van der Waals surface area contributed by atoms with Gasteiger partial charge in [0, 0.05) is 10.5 Å². The topological polar surface area (TPSA) is 36.9 Å². The zero-order valence-corrected chi connectivity index (χ0v) is 14.0. The van der Waals surface area contributed by atoms with Crippen molar-refractivity contribution in [3.8, 4) is 17.2 Å². The van der Waals surface area contributed by atoms with Crippen molar-refractivity contribution >= 4 is 15.9 Å². The molecule has 0 saturated carbocycles. The molecule has 0 aliphatic rings. The van der Waals surface area contributed by atoms with Crippen LogP contribution in [0.5, 0.6) is 17.2 Å². The first kappa shape index (κ1) is 16.6. The molecule has 22 heavy (non-hydrogen) atoms. The Kier molecular flexibility index (Phi) is 7.06. The van der Waals surface area contributed by atoms with E-state index in [-0.39, 0.29) is 0 Å². The van der Waals surface area contributed by atoms with Gasteiger partial charge in [-0.05, 0) is 30.3 Å². The van der Waals surface area contributed by atoms with Crippen LogP contribution >= 0.6 is 15.9 Å². The summed E-state index contributed by atoms with van der Waals surface area (Å²) in [6.07, 6.45) is 0. The normalized spacial score (nSPS) is 10.3. The average Bonchev–Trinajstić information content (AvgIpc) is 2.54. The summed E-state index contributed by atoms with van der Waals surface area (Å²) in [5.41, 5.74) is 0. The molecule has 0 atom stereocenters. The van der Waals surface area contributed by atoms with Crippen LogP contribution in [-0.4, -0.2) is 33.5 Å². The van der Waals surface area contributed by atoms with Gasteiger partial charge in [-0.3, -0.25) is 0 Å². The van der Waals surface area contributed by atoms with Crippen molar-refractivity contribution in [3.05, 3.63) is 53.0 Å². The number of halogens is 1. The van der Waals surface area contributed by atoms with Gasteiger partial charge in [-0.15, -0.1) is 0 Å². The second kappa shape index (κ2) is 9.33. The highest BCUT2D eigenvalue weighted by Gasteiger charge is 1.98. The summed E-state index contributed by atoms with van der Waals surface area (Å²) in [6.45, 7) is 2.03. The first-order chi connectivity index (χ1) is 10.8. The fourth-order valence-electron chi connectivity index (χ4n) is 1.79. The Balaban J connectivity index is 1.56. The van der Waals surface area contributed by atoms with Crippen LogP contribution in [0.15, 0.2) is 53.0 Å². The Morgan fingerprint density at radius 1 is 0.773 bits per heavy atom. The Morgan fingerprint density at radius 2 is 1.36 bits per heavy atom. The first-order valence-corrected chi connectivity index (χ1v) is 7.80. The highest BCUT2D eigenvalue weighted by Crippen LogP contribution is 2.19. The molecule has 0 aliphatic heterocycles. The summed E-state index contributed by atoms with van der Waals surface area (Å²) in [7, 11) is 1.63. The summed E-state index contributed by atoms with van der Waals surface area (Å²) in [4.78, 5) is 0. The van der Waals surface area contributed by atoms with E-state index in [0.29, 0.717) is 26.4 Å². The smallest absolute Gasteiger partial charge is 0.123 e. The summed E-state index contributed by atoms with van der Waals surface area (Å²) < 4.78 is 22.7. The van der Waals surface area contributed by atoms with Gasteiger partial charge in [0.15, 0.2) is 0 Å². The molecule has 0 unspecified atom stereocenters. The Morgan fingerprint density at radius 3 is 2.00 bits per heavy atom. The van der Waals surface area contributed by atoms with Crippen LogP contribution in [0.25, 0.3) is 0 Å². The predicted octanol–water partition coefficient (Wildman–Crippen LogP) is 3.93. The van der Waals surface area contributed by atoms with Crippen LogP contribution in [0.1, 0.15) is 0 Å². The lowest BCUT2D eigenvalue weighted by Gasteiger charge is -2.09. The van der Waals surface area contributed by atoms with Gasteiger partial charge in [0.25, 0.3) is 0 Å². The predicted molar refractivity (Wildman–Crippen MR) is 88.9 cm³/mol. The van der Waals surface area contributed by atoms with Crippen LogP contribution in [-0.2, 0) is 4.74 Å². The second-order valence-corrected chi connectivity index (χ2v) is 5.36. The highest BCUT2D eigenvalue weighted by atomic mass is 79.9. The van der Waals surface area contributed by atoms with Gasteiger partial charge >= 0.3 is 0 Å². The maximum Gasteiger partial charge on any atom is 0.123 e. The molecule has 0 aromatic heterocycles. The standard InChI is InChI=1S/C17H19BrO4/c1-19-15-5-3-7-17(13-15)22-11-9-20-8-10-21-16-6-2-4-14(18)12-16/h2-7,12-13H,8-11H2,1H3. The second-order valence-electron chi connectivity index (χ2n) is 4.45. The van der Waals surface area contributed by atoms with Crippen molar-refractivity contribution < 1.29 is 18.9 Å². The van der Waals surface area contributed by atoms with E-state index in [2.05, 4.69) is 15.9 Å². The third-order valence-electron chi connectivity index (χ3n) is 2.83. The van der Waals surface area contributed by atoms with E-state index in [1.54, 1.807) is 7.11 Å². The van der Waals surface area contributed by atoms with Crippen LogP contribution in [0.2, 0.25) is 0 Å². The molecule has 5 heteroatoms. The lowest BCUT2D eigenvalue weighted by atomic mass is 10.3. The van der Waals surface area contributed by atoms with Gasteiger partial charge in [-0.2, -0.15) is 0 Å². The quantitative estimate of drug-likeness (QED) is 0.630. The molecule has 0 aliphatic carbocycles. The van der Waals surface area contributed by atoms with Gasteiger partial charge in [0.2, 0.25) is 0 Å². The van der Waals surface area contributed by atoms with E-state index in [4.69, 9.17) is 18.9 Å². The minimum Gasteiger partial charge on any atom is -0.497 e. The van der Waals surface area contributed by atoms with E-state index in [1.807, 2.05) is 48.5 Å². The van der Waals surface area contributed by atoms with E-state index in [0.717, 1.165) is 21.7 Å². The third-order valence-corrected chi connectivity index (χ3v) is 3.32. The van der Waals surface area contributed by atoms with E-state index in [9.17, 15) is 0 Å². The van der Waals surface area contributed by atoms with Crippen molar-refractivity contribution in [2.24, 2.45) is 0 Å². The molecule has 0 fully saturated rings. The van der Waals surface area contributed by atoms with Crippen molar-refractivity contribution in [2.75, 3.05) is 33.5 Å². The van der Waals surface area contributed by atoms with Crippen LogP contribution in [0.3, 0.4) is 0 Å². The number of hydrogen-bond acceptors (Lipinski definition) is 4. The summed E-state index contributed by atoms with van der Waals surface area (Å²) in [6, 6.07) is 15.2. The first-order valence-electron chi connectivity index (χ1n) is 7.01. The molecule has 0 radical (unpaired) electrons. The number of rotatable bonds is 9. The molecule has 0 bridgehead atoms.